The first-order chi connectivity index (χ1) is 6.59. The molecule has 0 saturated heterocycles. The van der Waals surface area contributed by atoms with Crippen molar-refractivity contribution < 1.29 is 0 Å². The molecule has 0 saturated carbocycles. The Bertz CT molecular complexity index is 506. The van der Waals surface area contributed by atoms with Crippen molar-refractivity contribution in [3.8, 4) is 0 Å². The molecule has 3 heteroatoms. The minimum atomic E-state index is 0.689. The molecule has 0 fully saturated rings. The van der Waals surface area contributed by atoms with Crippen LogP contribution in [0.15, 0.2) is 18.2 Å². The number of pyridine rings is 1. The summed E-state index contributed by atoms with van der Waals surface area (Å²) in [5.41, 5.74) is 9.66. The molecule has 0 radical (unpaired) electrons. The van der Waals surface area contributed by atoms with E-state index in [9.17, 15) is 0 Å². The van der Waals surface area contributed by atoms with E-state index in [4.69, 9.17) is 17.3 Å². The van der Waals surface area contributed by atoms with Gasteiger partial charge in [0.25, 0.3) is 0 Å². The number of halogens is 1. The number of nitrogen functional groups attached to an aromatic ring is 1. The molecule has 0 atom stereocenters. The summed E-state index contributed by atoms with van der Waals surface area (Å²) >= 11 is 5.90. The van der Waals surface area contributed by atoms with Crippen LogP contribution in [-0.2, 0) is 0 Å². The minimum Gasteiger partial charge on any atom is -0.398 e. The van der Waals surface area contributed by atoms with Crippen molar-refractivity contribution in [3.05, 3.63) is 34.5 Å². The maximum atomic E-state index is 5.99. The highest BCUT2D eigenvalue weighted by Crippen LogP contribution is 2.27. The van der Waals surface area contributed by atoms with Gasteiger partial charge in [-0.1, -0.05) is 11.6 Å². The number of nitrogens with two attached hydrogens (primary N) is 1. The van der Waals surface area contributed by atoms with E-state index in [1.807, 2.05) is 32.0 Å². The van der Waals surface area contributed by atoms with Gasteiger partial charge in [-0.05, 0) is 37.6 Å². The van der Waals surface area contributed by atoms with Crippen molar-refractivity contribution in [2.75, 3.05) is 5.73 Å². The highest BCUT2D eigenvalue weighted by Gasteiger charge is 2.06. The molecule has 0 aliphatic carbocycles. The molecule has 1 aromatic heterocycles. The zero-order valence-electron chi connectivity index (χ0n) is 8.13. The molecule has 14 heavy (non-hydrogen) atoms. The maximum absolute atomic E-state index is 5.99. The molecule has 2 N–H and O–H groups in total. The van der Waals surface area contributed by atoms with E-state index in [1.165, 1.54) is 0 Å². The Morgan fingerprint density at radius 2 is 2.00 bits per heavy atom. The van der Waals surface area contributed by atoms with Crippen LogP contribution < -0.4 is 5.73 Å². The molecule has 0 aliphatic rings. The van der Waals surface area contributed by atoms with Crippen LogP contribution in [0.2, 0.25) is 5.02 Å². The van der Waals surface area contributed by atoms with Crippen molar-refractivity contribution in [1.82, 2.24) is 4.98 Å². The lowest BCUT2D eigenvalue weighted by Gasteiger charge is -2.08. The summed E-state index contributed by atoms with van der Waals surface area (Å²) in [6.07, 6.45) is 0. The van der Waals surface area contributed by atoms with Gasteiger partial charge in [0, 0.05) is 21.8 Å². The highest BCUT2D eigenvalue weighted by atomic mass is 35.5. The molecule has 0 amide bonds. The zero-order chi connectivity index (χ0) is 10.3. The zero-order valence-corrected chi connectivity index (χ0v) is 8.89. The molecular formula is C11H11ClN2. The van der Waals surface area contributed by atoms with Crippen molar-refractivity contribution in [2.24, 2.45) is 0 Å². The van der Waals surface area contributed by atoms with Crippen molar-refractivity contribution >= 4 is 28.2 Å². The van der Waals surface area contributed by atoms with Crippen molar-refractivity contribution in [2.45, 2.75) is 13.8 Å². The number of aromatic nitrogens is 1. The van der Waals surface area contributed by atoms with Gasteiger partial charge in [-0.15, -0.1) is 0 Å². The smallest absolute Gasteiger partial charge is 0.0727 e. The minimum absolute atomic E-state index is 0.689. The molecule has 72 valence electrons. The topological polar surface area (TPSA) is 38.9 Å². The quantitative estimate of drug-likeness (QED) is 0.720. The Kier molecular flexibility index (Phi) is 2.08. The van der Waals surface area contributed by atoms with Gasteiger partial charge in [-0.25, -0.2) is 0 Å². The predicted octanol–water partition coefficient (Wildman–Crippen LogP) is 3.09. The third kappa shape index (κ3) is 1.32. The second kappa shape index (κ2) is 3.14. The predicted molar refractivity (Wildman–Crippen MR) is 60.6 cm³/mol. The van der Waals surface area contributed by atoms with E-state index >= 15 is 0 Å². The van der Waals surface area contributed by atoms with E-state index < -0.39 is 0 Å². The van der Waals surface area contributed by atoms with Gasteiger partial charge < -0.3 is 5.73 Å². The summed E-state index contributed by atoms with van der Waals surface area (Å²) in [5.74, 6) is 0. The number of fused-ring (bicyclic) bond motifs is 1. The summed E-state index contributed by atoms with van der Waals surface area (Å²) in [6, 6.07) is 5.57. The summed E-state index contributed by atoms with van der Waals surface area (Å²) in [6.45, 7) is 3.93. The van der Waals surface area contributed by atoms with Crippen LogP contribution in [0.4, 0.5) is 5.69 Å². The average Bonchev–Trinajstić information content (AvgIpc) is 2.16. The first-order valence-corrected chi connectivity index (χ1v) is 4.79. The second-order valence-electron chi connectivity index (χ2n) is 3.40. The molecule has 0 aliphatic heterocycles. The molecule has 1 heterocycles. The Hall–Kier alpha value is -1.28. The fraction of sp³-hybridized carbons (Fsp3) is 0.182. The molecule has 0 unspecified atom stereocenters. The number of anilines is 1. The molecule has 2 aromatic rings. The van der Waals surface area contributed by atoms with Gasteiger partial charge in [0.2, 0.25) is 0 Å². The van der Waals surface area contributed by atoms with Crippen LogP contribution >= 0.6 is 11.6 Å². The number of benzene rings is 1. The number of hydrogen-bond donors (Lipinski definition) is 1. The maximum Gasteiger partial charge on any atom is 0.0727 e. The molecule has 2 rings (SSSR count). The SMILES string of the molecule is Cc1nc2ccc(Cl)cc2c(N)c1C. The average molecular weight is 207 g/mol. The van der Waals surface area contributed by atoms with Crippen LogP contribution in [0.25, 0.3) is 10.9 Å². The largest absolute Gasteiger partial charge is 0.398 e. The lowest BCUT2D eigenvalue weighted by Crippen LogP contribution is -1.97. The van der Waals surface area contributed by atoms with Crippen LogP contribution in [0, 0.1) is 13.8 Å². The Labute approximate surface area is 87.7 Å². The third-order valence-corrected chi connectivity index (χ3v) is 2.72. The number of rotatable bonds is 0. The molecule has 1 aromatic carbocycles. The fourth-order valence-electron chi connectivity index (χ4n) is 1.48. The molecule has 0 bridgehead atoms. The lowest BCUT2D eigenvalue weighted by atomic mass is 10.1. The Morgan fingerprint density at radius 1 is 1.29 bits per heavy atom. The van der Waals surface area contributed by atoms with E-state index in [0.717, 1.165) is 27.8 Å². The van der Waals surface area contributed by atoms with Crippen LogP contribution in [0.1, 0.15) is 11.3 Å². The van der Waals surface area contributed by atoms with E-state index in [0.29, 0.717) is 5.02 Å². The molecule has 0 spiro atoms. The highest BCUT2D eigenvalue weighted by molar-refractivity contribution is 6.31. The van der Waals surface area contributed by atoms with E-state index in [2.05, 4.69) is 4.98 Å². The van der Waals surface area contributed by atoms with Gasteiger partial charge in [0.15, 0.2) is 0 Å². The Balaban J connectivity index is 2.92. The van der Waals surface area contributed by atoms with Crippen LogP contribution in [-0.4, -0.2) is 4.98 Å². The summed E-state index contributed by atoms with van der Waals surface area (Å²) in [4.78, 5) is 4.44. The number of aryl methyl sites for hydroxylation is 1. The Morgan fingerprint density at radius 3 is 2.71 bits per heavy atom. The first-order valence-electron chi connectivity index (χ1n) is 4.41. The van der Waals surface area contributed by atoms with Gasteiger partial charge in [0.1, 0.15) is 0 Å². The van der Waals surface area contributed by atoms with E-state index in [-0.39, 0.29) is 0 Å². The monoisotopic (exact) mass is 206 g/mol. The number of hydrogen-bond acceptors (Lipinski definition) is 2. The summed E-state index contributed by atoms with van der Waals surface area (Å²) < 4.78 is 0. The summed E-state index contributed by atoms with van der Waals surface area (Å²) in [5, 5.41) is 1.62. The summed E-state index contributed by atoms with van der Waals surface area (Å²) in [7, 11) is 0. The van der Waals surface area contributed by atoms with Gasteiger partial charge in [-0.2, -0.15) is 0 Å². The van der Waals surface area contributed by atoms with Gasteiger partial charge in [0.05, 0.1) is 5.52 Å². The second-order valence-corrected chi connectivity index (χ2v) is 3.83. The first kappa shape index (κ1) is 9.28. The van der Waals surface area contributed by atoms with Gasteiger partial charge in [-0.3, -0.25) is 4.98 Å². The van der Waals surface area contributed by atoms with E-state index in [1.54, 1.807) is 0 Å². The van der Waals surface area contributed by atoms with Crippen LogP contribution in [0.3, 0.4) is 0 Å². The number of nitrogens with zero attached hydrogens (tertiary/aromatic N) is 1. The lowest BCUT2D eigenvalue weighted by molar-refractivity contribution is 1.20. The molecular weight excluding hydrogens is 196 g/mol. The fourth-order valence-corrected chi connectivity index (χ4v) is 1.66. The van der Waals surface area contributed by atoms with Crippen molar-refractivity contribution in [1.29, 1.82) is 0 Å². The van der Waals surface area contributed by atoms with Gasteiger partial charge >= 0.3 is 0 Å². The molecule has 2 nitrogen and oxygen atoms in total. The normalized spacial score (nSPS) is 10.8. The standard InChI is InChI=1S/C11H11ClN2/c1-6-7(2)14-10-4-3-8(12)5-9(10)11(6)13/h3-5H,1-2H3,(H2,13,14). The third-order valence-electron chi connectivity index (χ3n) is 2.48. The van der Waals surface area contributed by atoms with Crippen LogP contribution in [0.5, 0.6) is 0 Å². The van der Waals surface area contributed by atoms with Crippen molar-refractivity contribution in [3.63, 3.8) is 0 Å².